The number of ether oxygens (including phenoxy) is 1. The Balaban J connectivity index is 2.87. The molecule has 0 bridgehead atoms. The molecule has 2 nitrogen and oxygen atoms in total. The van der Waals surface area contributed by atoms with Gasteiger partial charge in [0.25, 0.3) is 0 Å². The molecule has 1 aromatic rings. The van der Waals surface area contributed by atoms with Gasteiger partial charge in [-0.05, 0) is 18.1 Å². The molecule has 0 heterocycles. The number of phenols is 1. The number of halogens is 1. The van der Waals surface area contributed by atoms with Gasteiger partial charge in [0.2, 0.25) is 0 Å². The molecule has 0 atom stereocenters. The van der Waals surface area contributed by atoms with Gasteiger partial charge in [0, 0.05) is 11.4 Å². The number of aryl methyl sites for hydroxylation is 1. The van der Waals surface area contributed by atoms with Gasteiger partial charge in [-0.15, -0.1) is 0 Å². The lowest BCUT2D eigenvalue weighted by Crippen LogP contribution is -1.88. The summed E-state index contributed by atoms with van der Waals surface area (Å²) in [5.74, 6) is 0.986. The summed E-state index contributed by atoms with van der Waals surface area (Å²) in [7, 11) is 1.58. The second kappa shape index (κ2) is 4.36. The maximum absolute atomic E-state index is 9.45. The van der Waals surface area contributed by atoms with Crippen molar-refractivity contribution in [2.45, 2.75) is 6.42 Å². The van der Waals surface area contributed by atoms with E-state index in [2.05, 4.69) is 15.9 Å². The Labute approximate surface area is 80.3 Å². The molecule has 66 valence electrons. The highest BCUT2D eigenvalue weighted by Crippen LogP contribution is 2.23. The third kappa shape index (κ3) is 2.14. The molecule has 0 spiro atoms. The number of benzene rings is 1. The summed E-state index contributed by atoms with van der Waals surface area (Å²) in [6, 6.07) is 5.34. The number of alkyl halides is 1. The van der Waals surface area contributed by atoms with E-state index in [9.17, 15) is 5.11 Å². The fourth-order valence-corrected chi connectivity index (χ4v) is 1.41. The number of hydrogen-bond donors (Lipinski definition) is 1. The Hall–Kier alpha value is -0.700. The van der Waals surface area contributed by atoms with E-state index < -0.39 is 0 Å². The van der Waals surface area contributed by atoms with Crippen LogP contribution < -0.4 is 4.74 Å². The van der Waals surface area contributed by atoms with Gasteiger partial charge in [-0.3, -0.25) is 0 Å². The fourth-order valence-electron chi connectivity index (χ4n) is 0.984. The van der Waals surface area contributed by atoms with E-state index in [1.165, 1.54) is 0 Å². The van der Waals surface area contributed by atoms with Gasteiger partial charge >= 0.3 is 0 Å². The van der Waals surface area contributed by atoms with E-state index in [4.69, 9.17) is 4.74 Å². The van der Waals surface area contributed by atoms with E-state index in [0.29, 0.717) is 11.5 Å². The first kappa shape index (κ1) is 9.39. The zero-order valence-electron chi connectivity index (χ0n) is 6.88. The van der Waals surface area contributed by atoms with E-state index in [0.717, 1.165) is 17.3 Å². The highest BCUT2D eigenvalue weighted by atomic mass is 79.9. The van der Waals surface area contributed by atoms with Gasteiger partial charge in [-0.1, -0.05) is 22.0 Å². The van der Waals surface area contributed by atoms with Crippen LogP contribution in [0.25, 0.3) is 0 Å². The quantitative estimate of drug-likeness (QED) is 0.809. The van der Waals surface area contributed by atoms with Crippen molar-refractivity contribution in [1.82, 2.24) is 0 Å². The first-order chi connectivity index (χ1) is 5.77. The first-order valence-electron chi connectivity index (χ1n) is 3.69. The van der Waals surface area contributed by atoms with Crippen LogP contribution in [0.3, 0.4) is 0 Å². The Bertz CT molecular complexity index is 261. The Morgan fingerprint density at radius 3 is 2.75 bits per heavy atom. The van der Waals surface area contributed by atoms with E-state index in [-0.39, 0.29) is 0 Å². The fraction of sp³-hybridized carbons (Fsp3) is 0.333. The number of phenolic OH excluding ortho intramolecular Hbond substituents is 1. The number of rotatable bonds is 3. The van der Waals surface area contributed by atoms with Crippen molar-refractivity contribution < 1.29 is 9.84 Å². The predicted molar refractivity (Wildman–Crippen MR) is 52.2 cm³/mol. The monoisotopic (exact) mass is 230 g/mol. The molecule has 0 aliphatic carbocycles. The molecule has 3 heteroatoms. The summed E-state index contributed by atoms with van der Waals surface area (Å²) >= 11 is 3.31. The lowest BCUT2D eigenvalue weighted by Gasteiger charge is -2.04. The van der Waals surface area contributed by atoms with Crippen molar-refractivity contribution in [3.05, 3.63) is 23.8 Å². The second-order valence-corrected chi connectivity index (χ2v) is 3.23. The number of methoxy groups -OCH3 is 1. The molecule has 1 N–H and O–H groups in total. The third-order valence-electron chi connectivity index (χ3n) is 1.66. The minimum Gasteiger partial charge on any atom is -0.508 e. The maximum Gasteiger partial charge on any atom is 0.122 e. The van der Waals surface area contributed by atoms with Gasteiger partial charge in [0.1, 0.15) is 11.5 Å². The molecule has 0 saturated heterocycles. The third-order valence-corrected chi connectivity index (χ3v) is 2.05. The average molecular weight is 231 g/mol. The van der Waals surface area contributed by atoms with Crippen LogP contribution in [-0.2, 0) is 6.42 Å². The second-order valence-electron chi connectivity index (χ2n) is 2.43. The maximum atomic E-state index is 9.45. The molecule has 0 radical (unpaired) electrons. The molecule has 0 aliphatic rings. The lowest BCUT2D eigenvalue weighted by molar-refractivity contribution is 0.406. The Morgan fingerprint density at radius 2 is 2.25 bits per heavy atom. The van der Waals surface area contributed by atoms with Crippen molar-refractivity contribution in [3.63, 3.8) is 0 Å². The van der Waals surface area contributed by atoms with Crippen LogP contribution in [0.1, 0.15) is 5.56 Å². The molecule has 0 fully saturated rings. The average Bonchev–Trinajstić information content (AvgIpc) is 2.09. The summed E-state index contributed by atoms with van der Waals surface area (Å²) in [4.78, 5) is 0. The van der Waals surface area contributed by atoms with Crippen molar-refractivity contribution in [2.75, 3.05) is 12.4 Å². The topological polar surface area (TPSA) is 29.5 Å². The molecule has 0 aromatic heterocycles. The summed E-state index contributed by atoms with van der Waals surface area (Å²) in [6.45, 7) is 0. The molecule has 0 saturated carbocycles. The molecule has 12 heavy (non-hydrogen) atoms. The molecule has 0 amide bonds. The van der Waals surface area contributed by atoms with Crippen LogP contribution in [0, 0.1) is 0 Å². The normalized spacial score (nSPS) is 9.83. The highest BCUT2D eigenvalue weighted by Gasteiger charge is 2.01. The van der Waals surface area contributed by atoms with Crippen LogP contribution in [0.15, 0.2) is 18.2 Å². The van der Waals surface area contributed by atoms with Gasteiger partial charge in [0.05, 0.1) is 7.11 Å². The van der Waals surface area contributed by atoms with E-state index in [1.54, 1.807) is 13.2 Å². The SMILES string of the molecule is COc1ccc(CCBr)c(O)c1. The minimum atomic E-state index is 0.300. The predicted octanol–water partition coefficient (Wildman–Crippen LogP) is 2.34. The van der Waals surface area contributed by atoms with Gasteiger partial charge in [-0.25, -0.2) is 0 Å². The number of aromatic hydroxyl groups is 1. The van der Waals surface area contributed by atoms with Crippen LogP contribution >= 0.6 is 15.9 Å². The standard InChI is InChI=1S/C9H11BrO2/c1-12-8-3-2-7(4-5-10)9(11)6-8/h2-3,6,11H,4-5H2,1H3. The zero-order valence-corrected chi connectivity index (χ0v) is 8.47. The molecule has 1 aromatic carbocycles. The highest BCUT2D eigenvalue weighted by molar-refractivity contribution is 9.09. The first-order valence-corrected chi connectivity index (χ1v) is 4.82. The Morgan fingerprint density at radius 1 is 1.50 bits per heavy atom. The smallest absolute Gasteiger partial charge is 0.122 e. The molecular formula is C9H11BrO2. The van der Waals surface area contributed by atoms with Crippen molar-refractivity contribution in [3.8, 4) is 11.5 Å². The molecule has 1 rings (SSSR count). The number of hydrogen-bond acceptors (Lipinski definition) is 2. The summed E-state index contributed by atoms with van der Waals surface area (Å²) < 4.78 is 4.96. The van der Waals surface area contributed by atoms with Gasteiger partial charge in [-0.2, -0.15) is 0 Å². The van der Waals surface area contributed by atoms with Gasteiger partial charge < -0.3 is 9.84 Å². The summed E-state index contributed by atoms with van der Waals surface area (Å²) in [5.41, 5.74) is 0.938. The Kier molecular flexibility index (Phi) is 3.41. The molecule has 0 aliphatic heterocycles. The van der Waals surface area contributed by atoms with Crippen molar-refractivity contribution in [1.29, 1.82) is 0 Å². The van der Waals surface area contributed by atoms with E-state index in [1.807, 2.05) is 12.1 Å². The molecule has 0 unspecified atom stereocenters. The van der Waals surface area contributed by atoms with E-state index >= 15 is 0 Å². The van der Waals surface area contributed by atoms with Crippen LogP contribution in [0.2, 0.25) is 0 Å². The zero-order chi connectivity index (χ0) is 8.97. The van der Waals surface area contributed by atoms with Gasteiger partial charge in [0.15, 0.2) is 0 Å². The van der Waals surface area contributed by atoms with Crippen LogP contribution in [-0.4, -0.2) is 17.5 Å². The lowest BCUT2D eigenvalue weighted by atomic mass is 10.1. The van der Waals surface area contributed by atoms with Crippen molar-refractivity contribution >= 4 is 15.9 Å². The van der Waals surface area contributed by atoms with Crippen LogP contribution in [0.4, 0.5) is 0 Å². The largest absolute Gasteiger partial charge is 0.508 e. The molecular weight excluding hydrogens is 220 g/mol. The summed E-state index contributed by atoms with van der Waals surface area (Å²) in [5, 5.41) is 10.3. The van der Waals surface area contributed by atoms with Crippen molar-refractivity contribution in [2.24, 2.45) is 0 Å². The van der Waals surface area contributed by atoms with Crippen LogP contribution in [0.5, 0.6) is 11.5 Å². The summed E-state index contributed by atoms with van der Waals surface area (Å²) in [6.07, 6.45) is 0.829. The minimum absolute atomic E-state index is 0.300.